The van der Waals surface area contributed by atoms with Gasteiger partial charge in [0, 0.05) is 0 Å². The lowest BCUT2D eigenvalue weighted by molar-refractivity contribution is 0.137. The molecule has 0 aromatic carbocycles. The van der Waals surface area contributed by atoms with Crippen LogP contribution in [0.1, 0.15) is 84.5 Å². The van der Waals surface area contributed by atoms with Gasteiger partial charge in [-0.05, 0) is 88.4 Å². The highest BCUT2D eigenvalue weighted by Gasteiger charge is 2.48. The monoisotopic (exact) mass is 298 g/mol. The van der Waals surface area contributed by atoms with Crippen LogP contribution >= 0.6 is 0 Å². The van der Waals surface area contributed by atoms with Crippen molar-refractivity contribution in [2.24, 2.45) is 17.3 Å². The number of allylic oxidation sites excluding steroid dienone is 6. The molecule has 0 aromatic heterocycles. The van der Waals surface area contributed by atoms with Crippen molar-refractivity contribution in [2.75, 3.05) is 0 Å². The standard InChI is InChI=1S/C22H34/c1-3-4-12-20-15-16-21-19(11-8-17-22(20,21)2)14-13-18-9-6-5-7-10-18/h3-4,13-14,20-21H,5-12,15-17H2,1-2H3/b4-3+,19-14+. The van der Waals surface area contributed by atoms with Crippen LogP contribution in [0.3, 0.4) is 0 Å². The smallest absolute Gasteiger partial charge is 0.0143 e. The van der Waals surface area contributed by atoms with E-state index in [2.05, 4.69) is 38.2 Å². The molecule has 0 bridgehead atoms. The predicted molar refractivity (Wildman–Crippen MR) is 96.9 cm³/mol. The lowest BCUT2D eigenvalue weighted by atomic mass is 9.63. The fourth-order valence-corrected chi connectivity index (χ4v) is 5.43. The topological polar surface area (TPSA) is 0 Å². The van der Waals surface area contributed by atoms with Crippen molar-refractivity contribution in [3.63, 3.8) is 0 Å². The van der Waals surface area contributed by atoms with Crippen molar-refractivity contribution in [1.82, 2.24) is 0 Å². The third-order valence-electron chi connectivity index (χ3n) is 6.85. The third kappa shape index (κ3) is 3.26. The van der Waals surface area contributed by atoms with E-state index in [0.717, 1.165) is 11.8 Å². The number of hydrogen-bond donors (Lipinski definition) is 0. The van der Waals surface area contributed by atoms with E-state index in [0.29, 0.717) is 5.41 Å². The summed E-state index contributed by atoms with van der Waals surface area (Å²) in [4.78, 5) is 0. The van der Waals surface area contributed by atoms with Crippen molar-refractivity contribution in [1.29, 1.82) is 0 Å². The van der Waals surface area contributed by atoms with Crippen molar-refractivity contribution in [3.05, 3.63) is 35.5 Å². The zero-order chi connectivity index (χ0) is 15.4. The molecule has 0 heterocycles. The molecule has 22 heavy (non-hydrogen) atoms. The van der Waals surface area contributed by atoms with E-state index in [4.69, 9.17) is 0 Å². The van der Waals surface area contributed by atoms with Crippen LogP contribution in [-0.4, -0.2) is 0 Å². The van der Waals surface area contributed by atoms with Gasteiger partial charge in [-0.1, -0.05) is 48.8 Å². The maximum absolute atomic E-state index is 2.60. The Kier molecular flexibility index (Phi) is 5.26. The fourth-order valence-electron chi connectivity index (χ4n) is 5.43. The van der Waals surface area contributed by atoms with Crippen molar-refractivity contribution in [3.8, 4) is 0 Å². The van der Waals surface area contributed by atoms with Crippen LogP contribution in [0.25, 0.3) is 0 Å². The molecule has 3 unspecified atom stereocenters. The first-order valence-corrected chi connectivity index (χ1v) is 9.73. The summed E-state index contributed by atoms with van der Waals surface area (Å²) < 4.78 is 0. The van der Waals surface area contributed by atoms with Crippen LogP contribution in [0.2, 0.25) is 0 Å². The minimum atomic E-state index is 0.578. The van der Waals surface area contributed by atoms with Gasteiger partial charge in [0.15, 0.2) is 0 Å². The summed E-state index contributed by atoms with van der Waals surface area (Å²) in [6.07, 6.45) is 25.1. The second-order valence-electron chi connectivity index (χ2n) is 8.12. The summed E-state index contributed by atoms with van der Waals surface area (Å²) in [5.41, 5.74) is 4.08. The molecule has 122 valence electrons. The highest BCUT2D eigenvalue weighted by atomic mass is 14.5. The van der Waals surface area contributed by atoms with Crippen LogP contribution in [0.5, 0.6) is 0 Å². The molecule has 0 amide bonds. The van der Waals surface area contributed by atoms with Crippen LogP contribution in [0, 0.1) is 17.3 Å². The van der Waals surface area contributed by atoms with Gasteiger partial charge >= 0.3 is 0 Å². The van der Waals surface area contributed by atoms with Crippen LogP contribution in [0.15, 0.2) is 35.5 Å². The van der Waals surface area contributed by atoms with E-state index in [-0.39, 0.29) is 0 Å². The third-order valence-corrected chi connectivity index (χ3v) is 6.85. The summed E-state index contributed by atoms with van der Waals surface area (Å²) in [6, 6.07) is 0. The molecule has 0 aromatic rings. The molecule has 3 saturated carbocycles. The van der Waals surface area contributed by atoms with E-state index in [1.807, 2.05) is 0 Å². The second kappa shape index (κ2) is 7.20. The zero-order valence-corrected chi connectivity index (χ0v) is 14.7. The maximum Gasteiger partial charge on any atom is -0.0143 e. The highest BCUT2D eigenvalue weighted by molar-refractivity contribution is 5.25. The summed E-state index contributed by atoms with van der Waals surface area (Å²) in [5, 5.41) is 0. The molecule has 3 fully saturated rings. The van der Waals surface area contributed by atoms with Gasteiger partial charge in [-0.15, -0.1) is 0 Å². The molecule has 0 radical (unpaired) electrons. The summed E-state index contributed by atoms with van der Waals surface area (Å²) in [5.74, 6) is 1.79. The highest BCUT2D eigenvalue weighted by Crippen LogP contribution is 2.58. The van der Waals surface area contributed by atoms with E-state index in [1.165, 1.54) is 70.6 Å². The molecule has 3 atom stereocenters. The first-order valence-electron chi connectivity index (χ1n) is 9.73. The van der Waals surface area contributed by atoms with E-state index in [9.17, 15) is 0 Å². The fraction of sp³-hybridized carbons (Fsp3) is 0.727. The molecule has 0 spiro atoms. The Morgan fingerprint density at radius 3 is 2.59 bits per heavy atom. The van der Waals surface area contributed by atoms with Gasteiger partial charge < -0.3 is 0 Å². The Hall–Kier alpha value is -0.780. The van der Waals surface area contributed by atoms with Crippen molar-refractivity contribution in [2.45, 2.75) is 84.5 Å². The summed E-state index contributed by atoms with van der Waals surface area (Å²) in [6.45, 7) is 4.76. The molecule has 3 aliphatic rings. The number of fused-ring (bicyclic) bond motifs is 1. The van der Waals surface area contributed by atoms with Crippen molar-refractivity contribution >= 4 is 0 Å². The van der Waals surface area contributed by atoms with Gasteiger partial charge in [-0.3, -0.25) is 0 Å². The lowest BCUT2D eigenvalue weighted by Gasteiger charge is -2.42. The van der Waals surface area contributed by atoms with Crippen LogP contribution < -0.4 is 0 Å². The SMILES string of the molecule is C/C=C/CC1CCC2/C(=C/C=C3CCCCC3)CCCC12C. The Labute approximate surface area is 137 Å². The molecule has 3 aliphatic carbocycles. The number of hydrogen-bond acceptors (Lipinski definition) is 0. The van der Waals surface area contributed by atoms with Gasteiger partial charge in [-0.2, -0.15) is 0 Å². The average molecular weight is 299 g/mol. The van der Waals surface area contributed by atoms with Gasteiger partial charge in [0.1, 0.15) is 0 Å². The second-order valence-corrected chi connectivity index (χ2v) is 8.12. The molecule has 0 aliphatic heterocycles. The van der Waals surface area contributed by atoms with Gasteiger partial charge in [0.2, 0.25) is 0 Å². The Morgan fingerprint density at radius 2 is 1.82 bits per heavy atom. The van der Waals surface area contributed by atoms with Crippen LogP contribution in [0.4, 0.5) is 0 Å². The summed E-state index contributed by atoms with van der Waals surface area (Å²) in [7, 11) is 0. The van der Waals surface area contributed by atoms with E-state index < -0.39 is 0 Å². The molecular weight excluding hydrogens is 264 g/mol. The largest absolute Gasteiger partial charge is 0.0917 e. The molecule has 0 nitrogen and oxygen atoms in total. The average Bonchev–Trinajstić information content (AvgIpc) is 2.89. The molecule has 0 heteroatoms. The normalized spacial score (nSPS) is 37.7. The van der Waals surface area contributed by atoms with Gasteiger partial charge in [0.25, 0.3) is 0 Å². The van der Waals surface area contributed by atoms with Crippen LogP contribution in [-0.2, 0) is 0 Å². The Morgan fingerprint density at radius 1 is 1.00 bits per heavy atom. The minimum Gasteiger partial charge on any atom is -0.0917 e. The zero-order valence-electron chi connectivity index (χ0n) is 14.7. The van der Waals surface area contributed by atoms with E-state index >= 15 is 0 Å². The van der Waals surface area contributed by atoms with Gasteiger partial charge in [0.05, 0.1) is 0 Å². The van der Waals surface area contributed by atoms with E-state index in [1.54, 1.807) is 11.1 Å². The summed E-state index contributed by atoms with van der Waals surface area (Å²) >= 11 is 0. The molecule has 3 rings (SSSR count). The Bertz CT molecular complexity index is 456. The Balaban J connectivity index is 1.74. The molecule has 0 saturated heterocycles. The molecule has 0 N–H and O–H groups in total. The first kappa shape index (κ1) is 16.1. The molecular formula is C22H34. The predicted octanol–water partition coefficient (Wildman–Crippen LogP) is 6.99. The van der Waals surface area contributed by atoms with Crippen molar-refractivity contribution < 1.29 is 0 Å². The lowest BCUT2D eigenvalue weighted by Crippen LogP contribution is -2.33. The first-order chi connectivity index (χ1) is 10.7. The number of rotatable bonds is 3. The maximum atomic E-state index is 2.60. The quantitative estimate of drug-likeness (QED) is 0.493. The minimum absolute atomic E-state index is 0.578. The van der Waals surface area contributed by atoms with Gasteiger partial charge in [-0.25, -0.2) is 0 Å².